The van der Waals surface area contributed by atoms with E-state index >= 15 is 0 Å². The lowest BCUT2D eigenvalue weighted by Crippen LogP contribution is -2.14. The van der Waals surface area contributed by atoms with Crippen LogP contribution in [0.3, 0.4) is 0 Å². The number of hydrogen-bond donors (Lipinski definition) is 1. The Labute approximate surface area is 133 Å². The van der Waals surface area contributed by atoms with Gasteiger partial charge < -0.3 is 14.8 Å². The highest BCUT2D eigenvalue weighted by Crippen LogP contribution is 2.39. The lowest BCUT2D eigenvalue weighted by Gasteiger charge is -2.08. The molecule has 1 amide bonds. The topological polar surface area (TPSA) is 60.5 Å². The number of ether oxygens (including phenoxy) is 2. The molecule has 0 aliphatic heterocycles. The van der Waals surface area contributed by atoms with Gasteiger partial charge in [0.05, 0.1) is 19.9 Å². The van der Waals surface area contributed by atoms with Gasteiger partial charge in [0.2, 0.25) is 5.91 Å². The first kappa shape index (κ1) is 14.8. The number of anilines is 1. The van der Waals surface area contributed by atoms with Crippen LogP contribution >= 0.6 is 11.3 Å². The monoisotopic (exact) mass is 318 g/mol. The van der Waals surface area contributed by atoms with Gasteiger partial charge in [-0.15, -0.1) is 11.3 Å². The van der Waals surface area contributed by atoms with Crippen LogP contribution in [-0.4, -0.2) is 25.1 Å². The Bertz CT molecular complexity index is 698. The molecule has 1 heterocycles. The molecular weight excluding hydrogens is 300 g/mol. The average molecular weight is 318 g/mol. The third-order valence-electron chi connectivity index (χ3n) is 3.87. The Kier molecular flexibility index (Phi) is 4.02. The van der Waals surface area contributed by atoms with E-state index in [9.17, 15) is 4.79 Å². The molecule has 0 unspecified atom stereocenters. The van der Waals surface area contributed by atoms with Gasteiger partial charge in [-0.2, -0.15) is 0 Å². The molecule has 1 aromatic carbocycles. The quantitative estimate of drug-likeness (QED) is 0.917. The van der Waals surface area contributed by atoms with Crippen molar-refractivity contribution >= 4 is 22.4 Å². The lowest BCUT2D eigenvalue weighted by molar-refractivity contribution is -0.117. The van der Waals surface area contributed by atoms with Gasteiger partial charge in [-0.25, -0.2) is 4.98 Å². The molecule has 0 spiro atoms. The molecule has 1 N–H and O–H groups in total. The predicted molar refractivity (Wildman–Crippen MR) is 86.6 cm³/mol. The molecule has 1 fully saturated rings. The van der Waals surface area contributed by atoms with Crippen LogP contribution in [0.25, 0.3) is 11.3 Å². The number of rotatable bonds is 5. The highest BCUT2D eigenvalue weighted by atomic mass is 32.1. The van der Waals surface area contributed by atoms with E-state index in [1.807, 2.05) is 23.6 Å². The van der Waals surface area contributed by atoms with E-state index in [1.54, 1.807) is 14.2 Å². The van der Waals surface area contributed by atoms with Crippen molar-refractivity contribution in [3.8, 4) is 22.8 Å². The largest absolute Gasteiger partial charge is 0.497 e. The molecule has 1 aromatic heterocycles. The summed E-state index contributed by atoms with van der Waals surface area (Å²) in [4.78, 5) is 16.4. The SMILES string of the molecule is COc1ccc(-c2csc(NC(=O)[C@@H]3C[C@@H]3C)n2)c(OC)c1. The Morgan fingerprint density at radius 2 is 2.14 bits per heavy atom. The number of benzene rings is 1. The summed E-state index contributed by atoms with van der Waals surface area (Å²) in [6.07, 6.45) is 0.969. The molecule has 5 nitrogen and oxygen atoms in total. The van der Waals surface area contributed by atoms with Crippen molar-refractivity contribution in [1.29, 1.82) is 0 Å². The maximum Gasteiger partial charge on any atom is 0.229 e. The molecule has 1 aliphatic rings. The van der Waals surface area contributed by atoms with Gasteiger partial charge >= 0.3 is 0 Å². The molecule has 22 heavy (non-hydrogen) atoms. The highest BCUT2D eigenvalue weighted by molar-refractivity contribution is 7.14. The summed E-state index contributed by atoms with van der Waals surface area (Å²) in [5, 5.41) is 5.42. The summed E-state index contributed by atoms with van der Waals surface area (Å²) >= 11 is 1.42. The lowest BCUT2D eigenvalue weighted by atomic mass is 10.1. The van der Waals surface area contributed by atoms with Crippen molar-refractivity contribution in [3.05, 3.63) is 23.6 Å². The second-order valence-corrected chi connectivity index (χ2v) is 6.27. The maximum absolute atomic E-state index is 12.0. The first-order chi connectivity index (χ1) is 10.6. The van der Waals surface area contributed by atoms with Gasteiger partial charge in [0.25, 0.3) is 0 Å². The zero-order chi connectivity index (χ0) is 15.7. The first-order valence-corrected chi connectivity index (χ1v) is 7.99. The van der Waals surface area contributed by atoms with Crippen LogP contribution in [0, 0.1) is 11.8 Å². The summed E-state index contributed by atoms with van der Waals surface area (Å²) in [5.74, 6) is 2.12. The van der Waals surface area contributed by atoms with Crippen LogP contribution in [0.4, 0.5) is 5.13 Å². The van der Waals surface area contributed by atoms with Gasteiger partial charge in [0.1, 0.15) is 11.5 Å². The summed E-state index contributed by atoms with van der Waals surface area (Å²) in [6, 6.07) is 5.58. The fourth-order valence-corrected chi connectivity index (χ4v) is 3.06. The Morgan fingerprint density at radius 1 is 1.36 bits per heavy atom. The smallest absolute Gasteiger partial charge is 0.229 e. The molecule has 0 radical (unpaired) electrons. The third-order valence-corrected chi connectivity index (χ3v) is 4.62. The first-order valence-electron chi connectivity index (χ1n) is 7.11. The molecule has 1 aliphatic carbocycles. The Balaban J connectivity index is 1.80. The van der Waals surface area contributed by atoms with Gasteiger partial charge in [0, 0.05) is 22.9 Å². The number of thiazole rings is 1. The van der Waals surface area contributed by atoms with Crippen LogP contribution in [0.2, 0.25) is 0 Å². The zero-order valence-corrected chi connectivity index (χ0v) is 13.6. The normalized spacial score (nSPS) is 19.6. The number of nitrogens with one attached hydrogen (secondary N) is 1. The minimum Gasteiger partial charge on any atom is -0.497 e. The van der Waals surface area contributed by atoms with Gasteiger partial charge in [-0.05, 0) is 24.5 Å². The van der Waals surface area contributed by atoms with Crippen molar-refractivity contribution in [1.82, 2.24) is 4.98 Å². The molecule has 3 rings (SSSR count). The minimum atomic E-state index is 0.0649. The molecule has 6 heteroatoms. The molecule has 116 valence electrons. The van der Waals surface area contributed by atoms with Gasteiger partial charge in [0.15, 0.2) is 5.13 Å². The second kappa shape index (κ2) is 5.96. The van der Waals surface area contributed by atoms with E-state index in [-0.39, 0.29) is 11.8 Å². The van der Waals surface area contributed by atoms with Crippen LogP contribution in [0.5, 0.6) is 11.5 Å². The second-order valence-electron chi connectivity index (χ2n) is 5.41. The van der Waals surface area contributed by atoms with E-state index in [2.05, 4.69) is 17.2 Å². The molecule has 2 atom stereocenters. The Hall–Kier alpha value is -2.08. The van der Waals surface area contributed by atoms with E-state index in [1.165, 1.54) is 11.3 Å². The van der Waals surface area contributed by atoms with Crippen LogP contribution in [0.15, 0.2) is 23.6 Å². The van der Waals surface area contributed by atoms with Crippen LogP contribution in [0.1, 0.15) is 13.3 Å². The molecule has 2 aromatic rings. The predicted octanol–water partition coefficient (Wildman–Crippen LogP) is 3.42. The van der Waals surface area contributed by atoms with E-state index in [0.717, 1.165) is 23.4 Å². The summed E-state index contributed by atoms with van der Waals surface area (Å²) in [7, 11) is 3.23. The third kappa shape index (κ3) is 2.92. The van der Waals surface area contributed by atoms with Crippen LogP contribution in [-0.2, 0) is 4.79 Å². The summed E-state index contributed by atoms with van der Waals surface area (Å²) in [5.41, 5.74) is 1.66. The summed E-state index contributed by atoms with van der Waals surface area (Å²) in [6.45, 7) is 2.08. The number of carbonyl (C=O) groups is 1. The van der Waals surface area contributed by atoms with Crippen LogP contribution < -0.4 is 14.8 Å². The zero-order valence-electron chi connectivity index (χ0n) is 12.8. The number of hydrogen-bond acceptors (Lipinski definition) is 5. The van der Waals surface area contributed by atoms with E-state index < -0.39 is 0 Å². The number of carbonyl (C=O) groups excluding carboxylic acids is 1. The van der Waals surface area contributed by atoms with Crippen molar-refractivity contribution < 1.29 is 14.3 Å². The van der Waals surface area contributed by atoms with Gasteiger partial charge in [-0.3, -0.25) is 4.79 Å². The highest BCUT2D eigenvalue weighted by Gasteiger charge is 2.39. The molecular formula is C16H18N2O3S. The number of methoxy groups -OCH3 is 2. The number of nitrogens with zero attached hydrogens (tertiary/aromatic N) is 1. The van der Waals surface area contributed by atoms with E-state index in [0.29, 0.717) is 16.8 Å². The van der Waals surface area contributed by atoms with E-state index in [4.69, 9.17) is 9.47 Å². The molecule has 0 bridgehead atoms. The molecule has 1 saturated carbocycles. The fraction of sp³-hybridized carbons (Fsp3) is 0.375. The fourth-order valence-electron chi connectivity index (χ4n) is 2.35. The van der Waals surface area contributed by atoms with Crippen molar-refractivity contribution in [2.45, 2.75) is 13.3 Å². The maximum atomic E-state index is 12.0. The van der Waals surface area contributed by atoms with Crippen molar-refractivity contribution in [2.24, 2.45) is 11.8 Å². The Morgan fingerprint density at radius 3 is 2.77 bits per heavy atom. The summed E-state index contributed by atoms with van der Waals surface area (Å²) < 4.78 is 10.6. The van der Waals surface area contributed by atoms with Gasteiger partial charge in [-0.1, -0.05) is 6.92 Å². The molecule has 0 saturated heterocycles. The number of aromatic nitrogens is 1. The van der Waals surface area contributed by atoms with Crippen molar-refractivity contribution in [2.75, 3.05) is 19.5 Å². The number of amides is 1. The standard InChI is InChI=1S/C16H18N2O3S/c1-9-6-12(9)15(19)18-16-17-13(8-22-16)11-5-4-10(20-2)7-14(11)21-3/h4-5,7-9,12H,6H2,1-3H3,(H,17,18,19)/t9-,12+/m0/s1. The van der Waals surface area contributed by atoms with Crippen molar-refractivity contribution in [3.63, 3.8) is 0 Å². The average Bonchev–Trinajstić information content (AvgIpc) is 3.09. The minimum absolute atomic E-state index is 0.0649.